The molecule has 1 aliphatic carbocycles. The number of likely N-dealkylation sites (tertiary alicyclic amines) is 1. The van der Waals surface area contributed by atoms with Gasteiger partial charge in [0.1, 0.15) is 6.04 Å². The Morgan fingerprint density at radius 2 is 2.11 bits per heavy atom. The van der Waals surface area contributed by atoms with Crippen LogP contribution in [-0.2, 0) is 4.79 Å². The minimum atomic E-state index is -0.268. The zero-order valence-electron chi connectivity index (χ0n) is 11.5. The van der Waals surface area contributed by atoms with Crippen molar-refractivity contribution < 1.29 is 4.79 Å². The third-order valence-corrected chi connectivity index (χ3v) is 4.34. The van der Waals surface area contributed by atoms with E-state index in [-0.39, 0.29) is 18.0 Å². The molecule has 2 fully saturated rings. The highest BCUT2D eigenvalue weighted by Crippen LogP contribution is 2.31. The Balaban J connectivity index is 1.84. The van der Waals surface area contributed by atoms with Crippen molar-refractivity contribution in [2.75, 3.05) is 13.1 Å². The van der Waals surface area contributed by atoms with Gasteiger partial charge in [-0.2, -0.15) is 0 Å². The van der Waals surface area contributed by atoms with Gasteiger partial charge in [0.05, 0.1) is 0 Å². The number of carbonyl (C=O) groups is 1. The first-order valence-electron chi connectivity index (χ1n) is 7.08. The van der Waals surface area contributed by atoms with Crippen molar-refractivity contribution in [2.24, 2.45) is 17.5 Å². The summed E-state index contributed by atoms with van der Waals surface area (Å²) in [6, 6.07) is 0.196. The van der Waals surface area contributed by atoms with E-state index in [1.807, 2.05) is 11.8 Å². The first-order chi connectivity index (χ1) is 8.50. The molecule has 0 aromatic rings. The fraction of sp³-hybridized carbons (Fsp3) is 0.923. The lowest BCUT2D eigenvalue weighted by atomic mass is 10.1. The Morgan fingerprint density at radius 1 is 1.44 bits per heavy atom. The first kappa shape index (κ1) is 13.8. The Hall–Kier alpha value is -0.650. The third kappa shape index (κ3) is 3.02. The number of nitrogens with two attached hydrogens (primary N) is 2. The lowest BCUT2D eigenvalue weighted by Crippen LogP contribution is -2.54. The third-order valence-electron chi connectivity index (χ3n) is 4.34. The fourth-order valence-corrected chi connectivity index (χ4v) is 2.72. The van der Waals surface area contributed by atoms with Crippen LogP contribution in [0.1, 0.15) is 39.5 Å². The molecule has 5 heteroatoms. The lowest BCUT2D eigenvalue weighted by Gasteiger charge is -2.31. The lowest BCUT2D eigenvalue weighted by molar-refractivity contribution is -0.137. The van der Waals surface area contributed by atoms with Crippen LogP contribution in [0.3, 0.4) is 0 Å². The molecule has 1 amide bonds. The van der Waals surface area contributed by atoms with E-state index in [4.69, 9.17) is 11.6 Å². The second kappa shape index (κ2) is 5.55. The van der Waals surface area contributed by atoms with Crippen LogP contribution in [0.4, 0.5) is 0 Å². The normalized spacial score (nSPS) is 27.6. The zero-order chi connectivity index (χ0) is 13.3. The number of hydrazine groups is 1. The van der Waals surface area contributed by atoms with Crippen LogP contribution in [0.5, 0.6) is 0 Å². The van der Waals surface area contributed by atoms with Gasteiger partial charge < -0.3 is 10.6 Å². The predicted molar refractivity (Wildman–Crippen MR) is 71.5 cm³/mol. The maximum Gasteiger partial charge on any atom is 0.241 e. The van der Waals surface area contributed by atoms with Crippen molar-refractivity contribution in [1.29, 1.82) is 0 Å². The molecule has 18 heavy (non-hydrogen) atoms. The molecule has 1 saturated carbocycles. The molecule has 1 heterocycles. The highest BCUT2D eigenvalue weighted by molar-refractivity contribution is 5.81. The standard InChI is InChI=1S/C13H26N4O/c1-9-4-3-7-16(9)13(18)10(2)17(15)8-12(14)11-5-6-11/h9-12H,3-8,14-15H2,1-2H3. The molecule has 5 nitrogen and oxygen atoms in total. The van der Waals surface area contributed by atoms with E-state index in [0.717, 1.165) is 19.4 Å². The first-order valence-corrected chi connectivity index (χ1v) is 7.08. The molecule has 1 aliphatic heterocycles. The largest absolute Gasteiger partial charge is 0.339 e. The van der Waals surface area contributed by atoms with Crippen LogP contribution in [0.2, 0.25) is 0 Å². The summed E-state index contributed by atoms with van der Waals surface area (Å²) in [5.74, 6) is 6.76. The van der Waals surface area contributed by atoms with Gasteiger partial charge >= 0.3 is 0 Å². The van der Waals surface area contributed by atoms with Gasteiger partial charge in [0, 0.05) is 25.2 Å². The molecule has 4 N–H and O–H groups in total. The molecule has 1 saturated heterocycles. The number of carbonyl (C=O) groups excluding carboxylic acids is 1. The maximum atomic E-state index is 12.3. The summed E-state index contributed by atoms with van der Waals surface area (Å²) in [5.41, 5.74) is 6.05. The molecule has 0 aromatic heterocycles. The number of rotatable bonds is 5. The molecule has 0 spiro atoms. The van der Waals surface area contributed by atoms with Crippen molar-refractivity contribution >= 4 is 5.91 Å². The van der Waals surface area contributed by atoms with Crippen LogP contribution in [0, 0.1) is 5.92 Å². The number of nitrogens with zero attached hydrogens (tertiary/aromatic N) is 2. The molecule has 2 rings (SSSR count). The second-order valence-corrected chi connectivity index (χ2v) is 5.90. The Labute approximate surface area is 109 Å². The van der Waals surface area contributed by atoms with Gasteiger partial charge in [0.15, 0.2) is 0 Å². The van der Waals surface area contributed by atoms with E-state index in [9.17, 15) is 4.79 Å². The highest BCUT2D eigenvalue weighted by Gasteiger charge is 2.34. The number of hydrogen-bond acceptors (Lipinski definition) is 4. The van der Waals surface area contributed by atoms with Crippen molar-refractivity contribution in [3.8, 4) is 0 Å². The number of amides is 1. The van der Waals surface area contributed by atoms with Crippen LogP contribution in [0.15, 0.2) is 0 Å². The summed E-state index contributed by atoms with van der Waals surface area (Å²) in [5, 5.41) is 1.62. The summed E-state index contributed by atoms with van der Waals surface area (Å²) >= 11 is 0. The maximum absolute atomic E-state index is 12.3. The van der Waals surface area contributed by atoms with Gasteiger partial charge in [0.2, 0.25) is 5.91 Å². The fourth-order valence-electron chi connectivity index (χ4n) is 2.72. The van der Waals surface area contributed by atoms with Crippen molar-refractivity contribution in [2.45, 2.75) is 57.7 Å². The second-order valence-electron chi connectivity index (χ2n) is 5.90. The quantitative estimate of drug-likeness (QED) is 0.546. The summed E-state index contributed by atoms with van der Waals surface area (Å²) in [7, 11) is 0. The average Bonchev–Trinajstić information content (AvgIpc) is 3.10. The van der Waals surface area contributed by atoms with E-state index >= 15 is 0 Å². The van der Waals surface area contributed by atoms with Crippen molar-refractivity contribution in [1.82, 2.24) is 9.91 Å². The van der Waals surface area contributed by atoms with Gasteiger partial charge in [-0.15, -0.1) is 0 Å². The minimum Gasteiger partial charge on any atom is -0.339 e. The van der Waals surface area contributed by atoms with Gasteiger partial charge in [-0.1, -0.05) is 0 Å². The van der Waals surface area contributed by atoms with E-state index in [1.54, 1.807) is 5.01 Å². The SMILES string of the molecule is CC(C(=O)N1CCCC1C)N(N)CC(N)C1CC1. The summed E-state index contributed by atoms with van der Waals surface area (Å²) in [4.78, 5) is 14.3. The summed E-state index contributed by atoms with van der Waals surface area (Å²) in [6.07, 6.45) is 4.62. The van der Waals surface area contributed by atoms with E-state index in [0.29, 0.717) is 18.5 Å². The van der Waals surface area contributed by atoms with Crippen LogP contribution in [-0.4, -0.2) is 47.0 Å². The van der Waals surface area contributed by atoms with E-state index < -0.39 is 0 Å². The highest BCUT2D eigenvalue weighted by atomic mass is 16.2. The molecule has 0 aromatic carbocycles. The molecule has 3 unspecified atom stereocenters. The Bertz CT molecular complexity index is 305. The molecule has 0 bridgehead atoms. The van der Waals surface area contributed by atoms with Crippen LogP contribution < -0.4 is 11.6 Å². The molecule has 2 aliphatic rings. The smallest absolute Gasteiger partial charge is 0.241 e. The average molecular weight is 254 g/mol. The number of hydrogen-bond donors (Lipinski definition) is 2. The van der Waals surface area contributed by atoms with E-state index in [2.05, 4.69) is 6.92 Å². The van der Waals surface area contributed by atoms with Gasteiger partial charge in [-0.3, -0.25) is 10.6 Å². The topological polar surface area (TPSA) is 75.6 Å². The zero-order valence-corrected chi connectivity index (χ0v) is 11.5. The molecular formula is C13H26N4O. The van der Waals surface area contributed by atoms with Crippen LogP contribution >= 0.6 is 0 Å². The van der Waals surface area contributed by atoms with Crippen molar-refractivity contribution in [3.63, 3.8) is 0 Å². The van der Waals surface area contributed by atoms with Gasteiger partial charge in [-0.05, 0) is 45.4 Å². The molecule has 104 valence electrons. The van der Waals surface area contributed by atoms with Gasteiger partial charge in [-0.25, -0.2) is 5.01 Å². The minimum absolute atomic E-state index is 0.112. The Morgan fingerprint density at radius 3 is 2.61 bits per heavy atom. The summed E-state index contributed by atoms with van der Waals surface area (Å²) in [6.45, 7) is 5.47. The molecule has 0 radical (unpaired) electrons. The van der Waals surface area contributed by atoms with Crippen molar-refractivity contribution in [3.05, 3.63) is 0 Å². The monoisotopic (exact) mass is 254 g/mol. The Kier molecular flexibility index (Phi) is 4.25. The molecular weight excluding hydrogens is 228 g/mol. The van der Waals surface area contributed by atoms with Gasteiger partial charge in [0.25, 0.3) is 0 Å². The predicted octanol–water partition coefficient (Wildman–Crippen LogP) is 0.299. The summed E-state index contributed by atoms with van der Waals surface area (Å²) < 4.78 is 0. The van der Waals surface area contributed by atoms with E-state index in [1.165, 1.54) is 12.8 Å². The van der Waals surface area contributed by atoms with Crippen LogP contribution in [0.25, 0.3) is 0 Å². The molecule has 3 atom stereocenters.